The number of fused-ring (bicyclic) bond motifs is 1. The summed E-state index contributed by atoms with van der Waals surface area (Å²) in [4.78, 5) is 29.1. The molecule has 1 aromatic carbocycles. The fourth-order valence-electron chi connectivity index (χ4n) is 4.39. The lowest BCUT2D eigenvalue weighted by atomic mass is 10.0. The highest BCUT2D eigenvalue weighted by Crippen LogP contribution is 2.44. The van der Waals surface area contributed by atoms with E-state index in [1.54, 1.807) is 23.7 Å². The number of primary amides is 1. The third-order valence-corrected chi connectivity index (χ3v) is 7.46. The molecule has 0 saturated carbocycles. The largest absolute Gasteiger partial charge is 0.486 e. The van der Waals surface area contributed by atoms with E-state index in [-0.39, 0.29) is 38.7 Å². The number of anilines is 1. The molecule has 212 valence electrons. The Labute approximate surface area is 235 Å². The van der Waals surface area contributed by atoms with Gasteiger partial charge in [-0.05, 0) is 62.2 Å². The van der Waals surface area contributed by atoms with Crippen molar-refractivity contribution in [1.82, 2.24) is 14.8 Å². The van der Waals surface area contributed by atoms with E-state index in [9.17, 15) is 22.8 Å². The lowest BCUT2D eigenvalue weighted by molar-refractivity contribution is -0.140. The maximum absolute atomic E-state index is 13.8. The van der Waals surface area contributed by atoms with E-state index in [0.717, 1.165) is 11.6 Å². The predicted octanol–water partition coefficient (Wildman–Crippen LogP) is 6.34. The number of carbonyl (C=O) groups is 2. The van der Waals surface area contributed by atoms with Gasteiger partial charge in [0.15, 0.2) is 5.76 Å². The topological polar surface area (TPSA) is 125 Å². The highest BCUT2D eigenvalue weighted by molar-refractivity contribution is 7.21. The van der Waals surface area contributed by atoms with Gasteiger partial charge in [0, 0.05) is 23.2 Å². The Kier molecular flexibility index (Phi) is 7.30. The van der Waals surface area contributed by atoms with Crippen molar-refractivity contribution in [3.05, 3.63) is 82.0 Å². The van der Waals surface area contributed by atoms with Gasteiger partial charge >= 0.3 is 6.18 Å². The molecule has 41 heavy (non-hydrogen) atoms. The van der Waals surface area contributed by atoms with Crippen LogP contribution < -0.4 is 15.8 Å². The highest BCUT2D eigenvalue weighted by atomic mass is 32.1. The maximum Gasteiger partial charge on any atom is 0.433 e. The molecule has 5 aromatic rings. The molecule has 2 amide bonds. The summed E-state index contributed by atoms with van der Waals surface area (Å²) >= 11 is 0.661. The van der Waals surface area contributed by atoms with Crippen molar-refractivity contribution in [3.8, 4) is 16.9 Å². The number of hydrogen-bond donors (Lipinski definition) is 2. The van der Waals surface area contributed by atoms with Crippen LogP contribution in [-0.2, 0) is 19.3 Å². The predicted molar refractivity (Wildman–Crippen MR) is 147 cm³/mol. The Balaban J connectivity index is 1.54. The Bertz CT molecular complexity index is 1790. The van der Waals surface area contributed by atoms with Gasteiger partial charge in [-0.2, -0.15) is 18.3 Å². The average Bonchev–Trinajstić information content (AvgIpc) is 3.64. The first kappa shape index (κ1) is 27.9. The van der Waals surface area contributed by atoms with E-state index in [0.29, 0.717) is 40.6 Å². The Morgan fingerprint density at radius 1 is 1.15 bits per heavy atom. The zero-order valence-electron chi connectivity index (χ0n) is 22.1. The van der Waals surface area contributed by atoms with E-state index in [1.165, 1.54) is 12.3 Å². The van der Waals surface area contributed by atoms with Crippen molar-refractivity contribution in [2.24, 2.45) is 5.73 Å². The third kappa shape index (κ3) is 5.53. The van der Waals surface area contributed by atoms with Crippen LogP contribution in [0.4, 0.5) is 18.9 Å². The summed E-state index contributed by atoms with van der Waals surface area (Å²) in [6, 6.07) is 11.3. The normalized spacial score (nSPS) is 11.7. The van der Waals surface area contributed by atoms with Crippen LogP contribution in [0.2, 0.25) is 0 Å². The molecule has 0 spiro atoms. The number of aryl methyl sites for hydroxylation is 2. The van der Waals surface area contributed by atoms with Crippen LogP contribution >= 0.6 is 11.3 Å². The number of amides is 2. The monoisotopic (exact) mass is 583 g/mol. The van der Waals surface area contributed by atoms with Gasteiger partial charge in [-0.1, -0.05) is 12.1 Å². The van der Waals surface area contributed by atoms with Crippen LogP contribution in [0.25, 0.3) is 21.3 Å². The number of nitrogens with two attached hydrogens (primary N) is 1. The van der Waals surface area contributed by atoms with Crippen LogP contribution in [0.1, 0.15) is 49.9 Å². The summed E-state index contributed by atoms with van der Waals surface area (Å²) < 4.78 is 54.4. The molecule has 0 atom stereocenters. The minimum atomic E-state index is -4.76. The van der Waals surface area contributed by atoms with Crippen LogP contribution in [0, 0.1) is 13.8 Å². The number of thiophene rings is 1. The van der Waals surface area contributed by atoms with Gasteiger partial charge in [0.05, 0.1) is 11.9 Å². The number of pyridine rings is 1. The first-order chi connectivity index (χ1) is 19.5. The first-order valence-electron chi connectivity index (χ1n) is 12.4. The van der Waals surface area contributed by atoms with E-state index >= 15 is 0 Å². The van der Waals surface area contributed by atoms with Gasteiger partial charge in [-0.25, -0.2) is 4.98 Å². The number of nitrogens with zero attached hydrogens (tertiary/aromatic N) is 3. The molecular weight excluding hydrogens is 559 g/mol. The van der Waals surface area contributed by atoms with Crippen LogP contribution in [0.3, 0.4) is 0 Å². The zero-order valence-corrected chi connectivity index (χ0v) is 22.9. The van der Waals surface area contributed by atoms with Gasteiger partial charge in [-0.15, -0.1) is 11.3 Å². The van der Waals surface area contributed by atoms with Crippen molar-refractivity contribution in [3.63, 3.8) is 0 Å². The van der Waals surface area contributed by atoms with Crippen molar-refractivity contribution < 1.29 is 31.9 Å². The molecule has 9 nitrogen and oxygen atoms in total. The number of benzene rings is 1. The van der Waals surface area contributed by atoms with Gasteiger partial charge in [-0.3, -0.25) is 14.3 Å². The summed E-state index contributed by atoms with van der Waals surface area (Å²) in [5.41, 5.74) is 6.48. The van der Waals surface area contributed by atoms with Gasteiger partial charge in [0.1, 0.15) is 33.5 Å². The number of carbonyl (C=O) groups excluding carboxylic acids is 2. The number of aromatic nitrogens is 3. The zero-order chi connectivity index (χ0) is 29.5. The molecule has 0 unspecified atom stereocenters. The summed E-state index contributed by atoms with van der Waals surface area (Å²) in [6.07, 6.45) is -3.32. The molecule has 0 radical (unpaired) electrons. The number of halogens is 3. The molecule has 0 aliphatic heterocycles. The van der Waals surface area contributed by atoms with E-state index in [1.807, 2.05) is 32.0 Å². The minimum Gasteiger partial charge on any atom is -0.486 e. The van der Waals surface area contributed by atoms with Crippen molar-refractivity contribution in [1.29, 1.82) is 0 Å². The quantitative estimate of drug-likeness (QED) is 0.220. The Morgan fingerprint density at radius 2 is 1.93 bits per heavy atom. The molecule has 0 bridgehead atoms. The summed E-state index contributed by atoms with van der Waals surface area (Å²) in [5.74, 6) is -0.778. The average molecular weight is 584 g/mol. The maximum atomic E-state index is 13.8. The van der Waals surface area contributed by atoms with E-state index < -0.39 is 23.7 Å². The van der Waals surface area contributed by atoms with Gasteiger partial charge in [0.25, 0.3) is 11.8 Å². The molecule has 13 heteroatoms. The number of nitrogens with one attached hydrogen (secondary N) is 1. The second-order valence-corrected chi connectivity index (χ2v) is 10.2. The second-order valence-electron chi connectivity index (χ2n) is 9.19. The number of furan rings is 1. The first-order valence-corrected chi connectivity index (χ1v) is 13.2. The van der Waals surface area contributed by atoms with E-state index in [2.05, 4.69) is 15.4 Å². The van der Waals surface area contributed by atoms with Crippen LogP contribution in [-0.4, -0.2) is 26.6 Å². The van der Waals surface area contributed by atoms with Gasteiger partial charge in [0.2, 0.25) is 0 Å². The van der Waals surface area contributed by atoms with Crippen molar-refractivity contribution >= 4 is 39.1 Å². The molecule has 4 aromatic heterocycles. The summed E-state index contributed by atoms with van der Waals surface area (Å²) in [7, 11) is 0. The lowest BCUT2D eigenvalue weighted by Gasteiger charge is -2.12. The SMILES string of the molecule is CCn1ncc(-c2cc(C(F)(F)F)nc3sc(C(N)=O)c(NC(=O)c4ccc(COc5cccc(C)c5)o4)c23)c1C. The molecular formula is C28H24F3N5O4S. The minimum absolute atomic E-state index is 0.0552. The van der Waals surface area contributed by atoms with Crippen molar-refractivity contribution in [2.75, 3.05) is 5.32 Å². The van der Waals surface area contributed by atoms with Crippen LogP contribution in [0.15, 0.2) is 53.1 Å². The number of rotatable bonds is 8. The third-order valence-electron chi connectivity index (χ3n) is 6.36. The van der Waals surface area contributed by atoms with Crippen LogP contribution in [0.5, 0.6) is 5.75 Å². The molecule has 3 N–H and O–H groups in total. The smallest absolute Gasteiger partial charge is 0.433 e. The lowest BCUT2D eigenvalue weighted by Crippen LogP contribution is -2.16. The Hall–Kier alpha value is -4.65. The molecule has 0 fully saturated rings. The Morgan fingerprint density at radius 3 is 2.59 bits per heavy atom. The second kappa shape index (κ2) is 10.7. The fraction of sp³-hybridized carbons (Fsp3) is 0.214. The molecule has 5 rings (SSSR count). The fourth-order valence-corrected chi connectivity index (χ4v) is 5.40. The number of alkyl halides is 3. The highest BCUT2D eigenvalue weighted by Gasteiger charge is 2.35. The molecule has 0 saturated heterocycles. The van der Waals surface area contributed by atoms with Crippen molar-refractivity contribution in [2.45, 2.75) is 40.1 Å². The standard InChI is InChI=1S/C28H24F3N5O4S/c1-4-36-15(3)19(12-33-36)18-11-21(28(29,30)31)34-27-22(18)23(24(41-27)25(32)37)35-26(38)20-9-8-17(40-20)13-39-16-7-5-6-14(2)10-16/h5-12H,4,13H2,1-3H3,(H2,32,37)(H,35,38). The van der Waals surface area contributed by atoms with Gasteiger partial charge < -0.3 is 20.2 Å². The molecule has 0 aliphatic rings. The number of hydrogen-bond acceptors (Lipinski definition) is 7. The molecule has 4 heterocycles. The summed E-state index contributed by atoms with van der Waals surface area (Å²) in [6.45, 7) is 6.03. The van der Waals surface area contributed by atoms with E-state index in [4.69, 9.17) is 14.9 Å². The summed E-state index contributed by atoms with van der Waals surface area (Å²) in [5, 5.41) is 7.01. The molecule has 0 aliphatic carbocycles. The number of ether oxygens (including phenoxy) is 1.